The number of carboxylic acid groups (broad SMARTS) is 1. The molecule has 0 unspecified atom stereocenters. The van der Waals surface area contributed by atoms with Gasteiger partial charge in [0.25, 0.3) is 0 Å². The predicted octanol–water partition coefficient (Wildman–Crippen LogP) is 2.90. The molecule has 6 nitrogen and oxygen atoms in total. The molecule has 0 radical (unpaired) electrons. The second-order valence-electron chi connectivity index (χ2n) is 4.91. The second-order valence-corrected chi connectivity index (χ2v) is 5.97. The quantitative estimate of drug-likeness (QED) is 0.472. The van der Waals surface area contributed by atoms with Gasteiger partial charge in [-0.1, -0.05) is 50.3 Å². The van der Waals surface area contributed by atoms with Gasteiger partial charge in [0, 0.05) is 19.2 Å². The lowest BCUT2D eigenvalue weighted by molar-refractivity contribution is -0.137. The van der Waals surface area contributed by atoms with E-state index >= 15 is 0 Å². The van der Waals surface area contributed by atoms with Crippen molar-refractivity contribution in [2.75, 3.05) is 5.75 Å². The molecule has 0 saturated carbocycles. The fourth-order valence-corrected chi connectivity index (χ4v) is 2.79. The van der Waals surface area contributed by atoms with E-state index in [1.54, 1.807) is 16.4 Å². The van der Waals surface area contributed by atoms with E-state index in [1.165, 1.54) is 32.1 Å². The monoisotopic (exact) mass is 300 g/mol. The highest BCUT2D eigenvalue weighted by molar-refractivity contribution is 7.99. The van der Waals surface area contributed by atoms with Gasteiger partial charge in [0.15, 0.2) is 0 Å². The third kappa shape index (κ3) is 8.14. The zero-order valence-electron chi connectivity index (χ0n) is 12.1. The molecule has 7 heteroatoms. The summed E-state index contributed by atoms with van der Waals surface area (Å²) in [5.41, 5.74) is 0. The summed E-state index contributed by atoms with van der Waals surface area (Å²) in [6.45, 7) is 0. The topological polar surface area (TPSA) is 80.9 Å². The van der Waals surface area contributed by atoms with Crippen molar-refractivity contribution in [3.63, 3.8) is 0 Å². The van der Waals surface area contributed by atoms with Gasteiger partial charge in [-0.2, -0.15) is 0 Å². The zero-order chi connectivity index (χ0) is 14.6. The smallest absolute Gasteiger partial charge is 0.303 e. The maximum Gasteiger partial charge on any atom is 0.303 e. The van der Waals surface area contributed by atoms with Crippen LogP contribution in [0.25, 0.3) is 0 Å². The number of carbonyl (C=O) groups is 1. The van der Waals surface area contributed by atoms with Crippen molar-refractivity contribution < 1.29 is 9.90 Å². The molecule has 0 aromatic carbocycles. The maximum atomic E-state index is 10.3. The highest BCUT2D eigenvalue weighted by Crippen LogP contribution is 2.16. The highest BCUT2D eigenvalue weighted by atomic mass is 32.2. The molecule has 0 aliphatic carbocycles. The second kappa shape index (κ2) is 10.7. The Morgan fingerprint density at radius 3 is 2.25 bits per heavy atom. The Kier molecular flexibility index (Phi) is 9.02. The van der Waals surface area contributed by atoms with Crippen LogP contribution < -0.4 is 0 Å². The minimum Gasteiger partial charge on any atom is -0.481 e. The minimum atomic E-state index is -0.680. The SMILES string of the molecule is Cn1nnnc1SCCCCCCCCCCC(=O)O. The molecule has 1 aromatic heterocycles. The number of nitrogens with zero attached hydrogens (tertiary/aromatic N) is 4. The summed E-state index contributed by atoms with van der Waals surface area (Å²) in [6.07, 6.45) is 9.50. The van der Waals surface area contributed by atoms with Crippen LogP contribution >= 0.6 is 11.8 Å². The lowest BCUT2D eigenvalue weighted by Crippen LogP contribution is -1.94. The molecule has 1 aromatic rings. The first-order valence-electron chi connectivity index (χ1n) is 7.27. The number of carboxylic acids is 1. The summed E-state index contributed by atoms with van der Waals surface area (Å²) >= 11 is 1.70. The first kappa shape index (κ1) is 16.9. The van der Waals surface area contributed by atoms with Gasteiger partial charge in [0.05, 0.1) is 0 Å². The lowest BCUT2D eigenvalue weighted by atomic mass is 10.1. The Bertz CT molecular complexity index is 384. The van der Waals surface area contributed by atoms with Crippen molar-refractivity contribution in [2.24, 2.45) is 7.05 Å². The molecule has 114 valence electrons. The molecule has 0 fully saturated rings. The van der Waals surface area contributed by atoms with E-state index in [0.717, 1.165) is 30.2 Å². The average molecular weight is 300 g/mol. The number of unbranched alkanes of at least 4 members (excludes halogenated alkanes) is 7. The van der Waals surface area contributed by atoms with Crippen LogP contribution in [0.2, 0.25) is 0 Å². The van der Waals surface area contributed by atoms with Crippen LogP contribution in [0.4, 0.5) is 0 Å². The van der Waals surface area contributed by atoms with Gasteiger partial charge in [-0.15, -0.1) is 5.10 Å². The third-order valence-corrected chi connectivity index (χ3v) is 4.19. The van der Waals surface area contributed by atoms with Gasteiger partial charge in [0.1, 0.15) is 0 Å². The molecule has 1 N–H and O–H groups in total. The van der Waals surface area contributed by atoms with Crippen LogP contribution in [-0.4, -0.2) is 37.0 Å². The van der Waals surface area contributed by atoms with Gasteiger partial charge in [-0.05, 0) is 23.3 Å². The van der Waals surface area contributed by atoms with Crippen LogP contribution in [0.3, 0.4) is 0 Å². The molecular formula is C13H24N4O2S. The molecule has 1 heterocycles. The molecule has 0 aliphatic heterocycles. The number of tetrazole rings is 1. The summed E-state index contributed by atoms with van der Waals surface area (Å²) in [6, 6.07) is 0. The standard InChI is InChI=1S/C13H24N4O2S/c1-17-13(14-15-16-17)20-11-9-7-5-3-2-4-6-8-10-12(18)19/h2-11H2,1H3,(H,18,19). The Balaban J connectivity index is 1.81. The zero-order valence-corrected chi connectivity index (χ0v) is 12.9. The molecular weight excluding hydrogens is 276 g/mol. The van der Waals surface area contributed by atoms with Gasteiger partial charge in [0.2, 0.25) is 5.16 Å². The van der Waals surface area contributed by atoms with Gasteiger partial charge >= 0.3 is 5.97 Å². The summed E-state index contributed by atoms with van der Waals surface area (Å²) in [5, 5.41) is 20.7. The van der Waals surface area contributed by atoms with Crippen molar-refractivity contribution in [2.45, 2.75) is 62.9 Å². The number of aromatic nitrogens is 4. The number of aliphatic carboxylic acids is 1. The van der Waals surface area contributed by atoms with E-state index in [-0.39, 0.29) is 0 Å². The summed E-state index contributed by atoms with van der Waals surface area (Å²) in [7, 11) is 1.85. The normalized spacial score (nSPS) is 10.8. The van der Waals surface area contributed by atoms with Crippen molar-refractivity contribution in [3.05, 3.63) is 0 Å². The summed E-state index contributed by atoms with van der Waals surface area (Å²) in [5.74, 6) is 0.382. The van der Waals surface area contributed by atoms with Crippen LogP contribution in [0, 0.1) is 0 Å². The minimum absolute atomic E-state index is 0.314. The van der Waals surface area contributed by atoms with Crippen LogP contribution in [0.15, 0.2) is 5.16 Å². The highest BCUT2D eigenvalue weighted by Gasteiger charge is 2.01. The van der Waals surface area contributed by atoms with Crippen LogP contribution in [0.1, 0.15) is 57.8 Å². The van der Waals surface area contributed by atoms with Crippen LogP contribution in [-0.2, 0) is 11.8 Å². The molecule has 0 amide bonds. The van der Waals surface area contributed by atoms with E-state index in [0.29, 0.717) is 6.42 Å². The van der Waals surface area contributed by atoms with Crippen molar-refractivity contribution in [1.29, 1.82) is 0 Å². The predicted molar refractivity (Wildman–Crippen MR) is 78.7 cm³/mol. The van der Waals surface area contributed by atoms with E-state index in [4.69, 9.17) is 5.11 Å². The van der Waals surface area contributed by atoms with Crippen molar-refractivity contribution >= 4 is 17.7 Å². The van der Waals surface area contributed by atoms with Crippen molar-refractivity contribution in [1.82, 2.24) is 20.2 Å². The summed E-state index contributed by atoms with van der Waals surface area (Å²) in [4.78, 5) is 10.3. The Hall–Kier alpha value is -1.11. The Morgan fingerprint density at radius 1 is 1.10 bits per heavy atom. The third-order valence-electron chi connectivity index (χ3n) is 3.10. The van der Waals surface area contributed by atoms with Crippen LogP contribution in [0.5, 0.6) is 0 Å². The molecule has 0 bridgehead atoms. The van der Waals surface area contributed by atoms with Gasteiger partial charge < -0.3 is 5.11 Å². The first-order valence-corrected chi connectivity index (χ1v) is 8.25. The van der Waals surface area contributed by atoms with Gasteiger partial charge in [-0.25, -0.2) is 4.68 Å². The number of aryl methyl sites for hydroxylation is 1. The van der Waals surface area contributed by atoms with E-state index < -0.39 is 5.97 Å². The van der Waals surface area contributed by atoms with E-state index in [1.807, 2.05) is 7.05 Å². The fraction of sp³-hybridized carbons (Fsp3) is 0.846. The molecule has 0 aliphatic rings. The Labute approximate surface area is 124 Å². The maximum absolute atomic E-state index is 10.3. The molecule has 0 saturated heterocycles. The average Bonchev–Trinajstić information content (AvgIpc) is 2.81. The molecule has 20 heavy (non-hydrogen) atoms. The fourth-order valence-electron chi connectivity index (χ4n) is 1.95. The number of rotatable bonds is 12. The molecule has 1 rings (SSSR count). The number of thioether (sulfide) groups is 1. The van der Waals surface area contributed by atoms with E-state index in [2.05, 4.69) is 15.5 Å². The van der Waals surface area contributed by atoms with Crippen molar-refractivity contribution in [3.8, 4) is 0 Å². The lowest BCUT2D eigenvalue weighted by Gasteiger charge is -2.02. The van der Waals surface area contributed by atoms with Gasteiger partial charge in [-0.3, -0.25) is 4.79 Å². The summed E-state index contributed by atoms with van der Waals surface area (Å²) < 4.78 is 1.70. The molecule has 0 spiro atoms. The molecule has 0 atom stereocenters. The largest absolute Gasteiger partial charge is 0.481 e. The Morgan fingerprint density at radius 2 is 1.70 bits per heavy atom. The van der Waals surface area contributed by atoms with E-state index in [9.17, 15) is 4.79 Å². The first-order chi connectivity index (χ1) is 9.70. The number of hydrogen-bond donors (Lipinski definition) is 1. The number of hydrogen-bond acceptors (Lipinski definition) is 5.